The lowest BCUT2D eigenvalue weighted by Crippen LogP contribution is -2.57. The predicted molar refractivity (Wildman–Crippen MR) is 108 cm³/mol. The molecule has 0 saturated heterocycles. The van der Waals surface area contributed by atoms with Crippen molar-refractivity contribution in [3.8, 4) is 0 Å². The van der Waals surface area contributed by atoms with Crippen molar-refractivity contribution in [3.05, 3.63) is 18.0 Å². The van der Waals surface area contributed by atoms with Crippen LogP contribution >= 0.6 is 0 Å². The lowest BCUT2D eigenvalue weighted by molar-refractivity contribution is -0.160. The van der Waals surface area contributed by atoms with Crippen LogP contribution in [0.2, 0.25) is 0 Å². The smallest absolute Gasteiger partial charge is 0.246 e. The molecule has 6 aliphatic rings. The molecule has 29 heavy (non-hydrogen) atoms. The number of hydrogen-bond acceptors (Lipinski definition) is 3. The van der Waals surface area contributed by atoms with Crippen molar-refractivity contribution in [1.29, 1.82) is 0 Å². The maximum Gasteiger partial charge on any atom is 0.246 e. The Morgan fingerprint density at radius 1 is 1.03 bits per heavy atom. The molecule has 5 fully saturated rings. The van der Waals surface area contributed by atoms with Crippen molar-refractivity contribution >= 4 is 11.8 Å². The van der Waals surface area contributed by atoms with Crippen molar-refractivity contribution in [2.75, 3.05) is 6.54 Å². The van der Waals surface area contributed by atoms with E-state index in [4.69, 9.17) is 0 Å². The van der Waals surface area contributed by atoms with Gasteiger partial charge in [-0.05, 0) is 75.2 Å². The Kier molecular flexibility index (Phi) is 4.07. The van der Waals surface area contributed by atoms with Crippen LogP contribution in [-0.4, -0.2) is 39.1 Å². The molecule has 1 atom stereocenters. The van der Waals surface area contributed by atoms with Gasteiger partial charge in [0.15, 0.2) is 0 Å². The van der Waals surface area contributed by atoms with Crippen LogP contribution in [0.1, 0.15) is 75.9 Å². The minimum Gasteiger partial charge on any atom is -0.351 e. The summed E-state index contributed by atoms with van der Waals surface area (Å²) in [4.78, 5) is 29.0. The van der Waals surface area contributed by atoms with Crippen molar-refractivity contribution in [1.82, 2.24) is 20.0 Å². The highest BCUT2D eigenvalue weighted by molar-refractivity contribution is 5.86. The molecule has 1 unspecified atom stereocenters. The first-order valence-corrected chi connectivity index (χ1v) is 11.7. The van der Waals surface area contributed by atoms with Crippen LogP contribution in [0.5, 0.6) is 0 Å². The summed E-state index contributed by atoms with van der Waals surface area (Å²) < 4.78 is 1.85. The molecule has 5 aliphatic carbocycles. The van der Waals surface area contributed by atoms with Crippen molar-refractivity contribution in [2.45, 2.75) is 82.8 Å². The molecule has 1 aromatic rings. The fourth-order valence-electron chi connectivity index (χ4n) is 7.72. The summed E-state index contributed by atoms with van der Waals surface area (Å²) in [6.07, 6.45) is 13.5. The number of carbonyl (C=O) groups excluding carboxylic acids is 2. The maximum atomic E-state index is 13.9. The second-order valence-electron chi connectivity index (χ2n) is 10.7. The van der Waals surface area contributed by atoms with E-state index in [1.54, 1.807) is 6.20 Å². The molecular formula is C23H32N4O2. The minimum absolute atomic E-state index is 0.0323. The standard InChI is InChI=1S/C23H32N4O2/c28-21(25-18-3-1-2-4-18)20-14-26(13-19-5-6-24-27(19)20)22(29)23-10-15-7-16(11-23)9-17(8-15)12-23/h5-6,15-18,20H,1-4,7-14H2,(H,25,28). The lowest BCUT2D eigenvalue weighted by Gasteiger charge is -2.57. The number of fused-ring (bicyclic) bond motifs is 1. The normalized spacial score (nSPS) is 38.3. The third-order valence-corrected chi connectivity index (χ3v) is 8.58. The molecule has 4 bridgehead atoms. The van der Waals surface area contributed by atoms with Crippen LogP contribution < -0.4 is 5.32 Å². The molecule has 6 heteroatoms. The van der Waals surface area contributed by atoms with Gasteiger partial charge in [-0.2, -0.15) is 5.10 Å². The SMILES string of the molecule is O=C(NC1CCCC1)C1CN(C(=O)C23CC4CC(CC(C4)C2)C3)Cc2ccnn21. The van der Waals surface area contributed by atoms with E-state index in [1.165, 1.54) is 32.1 Å². The van der Waals surface area contributed by atoms with E-state index < -0.39 is 6.04 Å². The molecule has 1 aliphatic heterocycles. The van der Waals surface area contributed by atoms with Gasteiger partial charge in [0.25, 0.3) is 0 Å². The highest BCUT2D eigenvalue weighted by Crippen LogP contribution is 2.60. The zero-order valence-corrected chi connectivity index (χ0v) is 17.2. The maximum absolute atomic E-state index is 13.9. The zero-order valence-electron chi connectivity index (χ0n) is 17.2. The van der Waals surface area contributed by atoms with E-state index in [2.05, 4.69) is 10.4 Å². The van der Waals surface area contributed by atoms with Gasteiger partial charge in [0.1, 0.15) is 6.04 Å². The van der Waals surface area contributed by atoms with Crippen molar-refractivity contribution in [3.63, 3.8) is 0 Å². The molecule has 0 aromatic carbocycles. The van der Waals surface area contributed by atoms with E-state index in [1.807, 2.05) is 15.6 Å². The van der Waals surface area contributed by atoms with E-state index in [0.29, 0.717) is 19.0 Å². The average Bonchev–Trinajstić information content (AvgIpc) is 3.37. The minimum atomic E-state index is -0.396. The second-order valence-corrected chi connectivity index (χ2v) is 10.7. The van der Waals surface area contributed by atoms with Crippen LogP contribution in [0.15, 0.2) is 12.3 Å². The van der Waals surface area contributed by atoms with Gasteiger partial charge in [-0.3, -0.25) is 14.3 Å². The topological polar surface area (TPSA) is 67.2 Å². The Morgan fingerprint density at radius 3 is 2.34 bits per heavy atom. The van der Waals surface area contributed by atoms with Gasteiger partial charge in [-0.1, -0.05) is 12.8 Å². The van der Waals surface area contributed by atoms with Gasteiger partial charge in [0.05, 0.1) is 24.2 Å². The zero-order chi connectivity index (χ0) is 19.6. The Morgan fingerprint density at radius 2 is 1.69 bits per heavy atom. The van der Waals surface area contributed by atoms with E-state index in [-0.39, 0.29) is 17.4 Å². The molecule has 156 valence electrons. The number of rotatable bonds is 3. The quantitative estimate of drug-likeness (QED) is 0.854. The van der Waals surface area contributed by atoms with Crippen LogP contribution in [0.3, 0.4) is 0 Å². The summed E-state index contributed by atoms with van der Waals surface area (Å²) in [7, 11) is 0. The number of aromatic nitrogens is 2. The summed E-state index contributed by atoms with van der Waals surface area (Å²) in [5.41, 5.74) is 0.838. The van der Waals surface area contributed by atoms with Gasteiger partial charge in [-0.15, -0.1) is 0 Å². The summed E-state index contributed by atoms with van der Waals surface area (Å²) in [5.74, 6) is 2.61. The highest BCUT2D eigenvalue weighted by atomic mass is 16.2. The monoisotopic (exact) mass is 396 g/mol. The van der Waals surface area contributed by atoms with Gasteiger partial charge in [-0.25, -0.2) is 0 Å². The number of carbonyl (C=O) groups is 2. The molecule has 0 radical (unpaired) electrons. The first-order valence-electron chi connectivity index (χ1n) is 11.7. The Labute approximate surface area is 172 Å². The van der Waals surface area contributed by atoms with Gasteiger partial charge in [0, 0.05) is 12.2 Å². The number of hydrogen-bond donors (Lipinski definition) is 1. The van der Waals surface area contributed by atoms with E-state index in [9.17, 15) is 9.59 Å². The fraction of sp³-hybridized carbons (Fsp3) is 0.783. The summed E-state index contributed by atoms with van der Waals surface area (Å²) in [6, 6.07) is 1.86. The first kappa shape index (κ1) is 18.0. The van der Waals surface area contributed by atoms with Gasteiger partial charge in [0.2, 0.25) is 11.8 Å². The molecule has 6 nitrogen and oxygen atoms in total. The third kappa shape index (κ3) is 2.93. The van der Waals surface area contributed by atoms with E-state index >= 15 is 0 Å². The third-order valence-electron chi connectivity index (χ3n) is 8.58. The Balaban J connectivity index is 1.24. The molecule has 1 N–H and O–H groups in total. The second kappa shape index (κ2) is 6.58. The molecular weight excluding hydrogens is 364 g/mol. The summed E-state index contributed by atoms with van der Waals surface area (Å²) in [5, 5.41) is 7.67. The Hall–Kier alpha value is -1.85. The predicted octanol–water partition coefficient (Wildman–Crippen LogP) is 3.04. The molecule has 2 amide bonds. The lowest BCUT2D eigenvalue weighted by atomic mass is 9.49. The van der Waals surface area contributed by atoms with E-state index in [0.717, 1.165) is 55.6 Å². The number of amides is 2. The van der Waals surface area contributed by atoms with Crippen LogP contribution in [0.25, 0.3) is 0 Å². The summed E-state index contributed by atoms with van der Waals surface area (Å²) >= 11 is 0. The van der Waals surface area contributed by atoms with Gasteiger partial charge >= 0.3 is 0 Å². The van der Waals surface area contributed by atoms with Gasteiger partial charge < -0.3 is 10.2 Å². The molecule has 1 aromatic heterocycles. The van der Waals surface area contributed by atoms with Crippen LogP contribution in [0.4, 0.5) is 0 Å². The number of nitrogens with one attached hydrogen (secondary N) is 1. The molecule has 0 spiro atoms. The Bertz CT molecular complexity index is 789. The number of nitrogens with zero attached hydrogens (tertiary/aromatic N) is 3. The average molecular weight is 397 g/mol. The van der Waals surface area contributed by atoms with Crippen LogP contribution in [-0.2, 0) is 16.1 Å². The largest absolute Gasteiger partial charge is 0.351 e. The highest BCUT2D eigenvalue weighted by Gasteiger charge is 2.56. The fourth-order valence-corrected chi connectivity index (χ4v) is 7.72. The molecule has 5 saturated carbocycles. The summed E-state index contributed by atoms with van der Waals surface area (Å²) in [6.45, 7) is 1.06. The molecule has 2 heterocycles. The van der Waals surface area contributed by atoms with Crippen molar-refractivity contribution < 1.29 is 9.59 Å². The van der Waals surface area contributed by atoms with Crippen LogP contribution in [0, 0.1) is 23.2 Å². The molecule has 7 rings (SSSR count). The first-order chi connectivity index (χ1) is 14.1. The van der Waals surface area contributed by atoms with Crippen molar-refractivity contribution in [2.24, 2.45) is 23.2 Å².